The molecule has 2 heterocycles. The summed E-state index contributed by atoms with van der Waals surface area (Å²) in [6.07, 6.45) is 2.11. The number of hydrogen-bond acceptors (Lipinski definition) is 4. The van der Waals surface area contributed by atoms with Crippen molar-refractivity contribution in [1.29, 1.82) is 0 Å². The summed E-state index contributed by atoms with van der Waals surface area (Å²) in [4.78, 5) is 15.5. The summed E-state index contributed by atoms with van der Waals surface area (Å²) in [5.74, 6) is -0.150. The van der Waals surface area contributed by atoms with Crippen LogP contribution in [0.2, 0.25) is 0 Å². The lowest BCUT2D eigenvalue weighted by Crippen LogP contribution is -2.37. The summed E-state index contributed by atoms with van der Waals surface area (Å²) in [5.41, 5.74) is 6.46. The molecule has 2 rings (SSSR count). The molecule has 1 amide bonds. The van der Waals surface area contributed by atoms with Crippen LogP contribution in [0.25, 0.3) is 0 Å². The molecule has 0 spiro atoms. The van der Waals surface area contributed by atoms with Gasteiger partial charge in [-0.2, -0.15) is 0 Å². The Morgan fingerprint density at radius 3 is 3.06 bits per heavy atom. The van der Waals surface area contributed by atoms with Gasteiger partial charge in [0.05, 0.1) is 0 Å². The van der Waals surface area contributed by atoms with Crippen LogP contribution in [0.3, 0.4) is 0 Å². The maximum Gasteiger partial charge on any atom is 0.254 e. The molecule has 17 heavy (non-hydrogen) atoms. The third-order valence-corrected chi connectivity index (χ3v) is 2.79. The van der Waals surface area contributed by atoms with Gasteiger partial charge in [-0.3, -0.25) is 4.79 Å². The van der Waals surface area contributed by atoms with Crippen LogP contribution >= 0.6 is 0 Å². The van der Waals surface area contributed by atoms with Crippen molar-refractivity contribution in [3.8, 4) is 5.88 Å². The van der Waals surface area contributed by atoms with Crippen LogP contribution in [-0.2, 0) is 0 Å². The summed E-state index contributed by atoms with van der Waals surface area (Å²) in [7, 11) is 0. The van der Waals surface area contributed by atoms with Gasteiger partial charge in [-0.25, -0.2) is 4.98 Å². The number of pyridine rings is 1. The number of rotatable bonds is 3. The zero-order valence-electron chi connectivity index (χ0n) is 9.90. The number of amides is 1. The van der Waals surface area contributed by atoms with E-state index >= 15 is 0 Å². The first-order valence-corrected chi connectivity index (χ1v) is 5.81. The molecule has 0 aromatic carbocycles. The van der Waals surface area contributed by atoms with Gasteiger partial charge in [0.2, 0.25) is 5.88 Å². The highest BCUT2D eigenvalue weighted by atomic mass is 16.5. The number of aryl methyl sites for hydroxylation is 1. The fraction of sp³-hybridized carbons (Fsp3) is 0.500. The Morgan fingerprint density at radius 2 is 2.41 bits per heavy atom. The largest absolute Gasteiger partial charge is 0.472 e. The average molecular weight is 235 g/mol. The fourth-order valence-electron chi connectivity index (χ4n) is 1.89. The second-order valence-corrected chi connectivity index (χ2v) is 4.26. The van der Waals surface area contributed by atoms with E-state index in [0.717, 1.165) is 31.6 Å². The molecular weight excluding hydrogens is 218 g/mol. The van der Waals surface area contributed by atoms with E-state index in [4.69, 9.17) is 10.5 Å². The molecule has 0 unspecified atom stereocenters. The Morgan fingerprint density at radius 1 is 1.59 bits per heavy atom. The van der Waals surface area contributed by atoms with Crippen LogP contribution < -0.4 is 15.8 Å². The molecule has 0 aliphatic carbocycles. The highest BCUT2D eigenvalue weighted by Crippen LogP contribution is 2.19. The Hall–Kier alpha value is -1.62. The van der Waals surface area contributed by atoms with Crippen molar-refractivity contribution in [3.05, 3.63) is 23.4 Å². The topological polar surface area (TPSA) is 77.2 Å². The van der Waals surface area contributed by atoms with Crippen LogP contribution in [-0.4, -0.2) is 30.1 Å². The smallest absolute Gasteiger partial charge is 0.254 e. The van der Waals surface area contributed by atoms with Gasteiger partial charge in [0.15, 0.2) is 0 Å². The molecule has 1 atom stereocenters. The van der Waals surface area contributed by atoms with Crippen molar-refractivity contribution >= 4 is 5.91 Å². The van der Waals surface area contributed by atoms with E-state index < -0.39 is 5.91 Å². The lowest BCUT2D eigenvalue weighted by atomic mass is 10.1. The Balaban J connectivity index is 2.17. The van der Waals surface area contributed by atoms with Gasteiger partial charge in [0.25, 0.3) is 5.91 Å². The minimum absolute atomic E-state index is 0.0659. The van der Waals surface area contributed by atoms with Crippen molar-refractivity contribution in [2.24, 2.45) is 5.73 Å². The van der Waals surface area contributed by atoms with Gasteiger partial charge in [-0.05, 0) is 38.4 Å². The quantitative estimate of drug-likeness (QED) is 0.805. The fourth-order valence-corrected chi connectivity index (χ4v) is 1.89. The molecule has 0 bridgehead atoms. The number of ether oxygens (including phenoxy) is 1. The normalized spacial score (nSPS) is 19.9. The van der Waals surface area contributed by atoms with Crippen LogP contribution in [0.15, 0.2) is 12.1 Å². The molecule has 5 heteroatoms. The Bertz CT molecular complexity index is 414. The molecule has 0 radical (unpaired) electrons. The molecule has 0 saturated carbocycles. The molecule has 1 aromatic rings. The van der Waals surface area contributed by atoms with E-state index in [0.29, 0.717) is 11.4 Å². The zero-order chi connectivity index (χ0) is 12.3. The van der Waals surface area contributed by atoms with Crippen molar-refractivity contribution in [2.75, 3.05) is 13.1 Å². The molecule has 1 aliphatic heterocycles. The number of hydrogen-bond donors (Lipinski definition) is 2. The second kappa shape index (κ2) is 5.14. The average Bonchev–Trinajstić information content (AvgIpc) is 2.30. The first-order valence-electron chi connectivity index (χ1n) is 5.81. The van der Waals surface area contributed by atoms with E-state index in [1.54, 1.807) is 12.1 Å². The van der Waals surface area contributed by atoms with Gasteiger partial charge in [-0.15, -0.1) is 0 Å². The van der Waals surface area contributed by atoms with Crippen LogP contribution in [0.5, 0.6) is 5.88 Å². The van der Waals surface area contributed by atoms with E-state index in [1.165, 1.54) is 0 Å². The van der Waals surface area contributed by atoms with Crippen molar-refractivity contribution in [3.63, 3.8) is 0 Å². The molecule has 92 valence electrons. The second-order valence-electron chi connectivity index (χ2n) is 4.26. The molecule has 1 fully saturated rings. The summed E-state index contributed by atoms with van der Waals surface area (Å²) < 4.78 is 5.75. The third-order valence-electron chi connectivity index (χ3n) is 2.79. The summed E-state index contributed by atoms with van der Waals surface area (Å²) in [6.45, 7) is 3.66. The molecular formula is C12H17N3O2. The van der Waals surface area contributed by atoms with E-state index in [-0.39, 0.29) is 6.10 Å². The minimum atomic E-state index is -0.503. The molecule has 1 aromatic heterocycles. The number of carbonyl (C=O) groups excluding carboxylic acids is 1. The zero-order valence-corrected chi connectivity index (χ0v) is 9.90. The lowest BCUT2D eigenvalue weighted by molar-refractivity contribution is 0.0987. The lowest BCUT2D eigenvalue weighted by Gasteiger charge is -2.24. The Labute approximate surface area is 100 Å². The molecule has 1 aliphatic rings. The minimum Gasteiger partial charge on any atom is -0.472 e. The maximum atomic E-state index is 11.3. The first kappa shape index (κ1) is 11.9. The highest BCUT2D eigenvalue weighted by molar-refractivity contribution is 5.95. The molecule has 3 N–H and O–H groups in total. The van der Waals surface area contributed by atoms with Gasteiger partial charge in [0, 0.05) is 12.2 Å². The number of nitrogens with one attached hydrogen (secondary N) is 1. The monoisotopic (exact) mass is 235 g/mol. The predicted molar refractivity (Wildman–Crippen MR) is 64.0 cm³/mol. The van der Waals surface area contributed by atoms with Crippen molar-refractivity contribution in [1.82, 2.24) is 10.3 Å². The SMILES string of the molecule is Cc1ccc(C(N)=O)c(O[C@H]2CCCNC2)n1. The first-order chi connectivity index (χ1) is 8.16. The Kier molecular flexibility index (Phi) is 3.58. The van der Waals surface area contributed by atoms with E-state index in [2.05, 4.69) is 10.3 Å². The number of primary amides is 1. The van der Waals surface area contributed by atoms with Gasteiger partial charge in [0.1, 0.15) is 11.7 Å². The molecule has 5 nitrogen and oxygen atoms in total. The number of piperidine rings is 1. The number of nitrogens with zero attached hydrogens (tertiary/aromatic N) is 1. The van der Waals surface area contributed by atoms with Gasteiger partial charge in [-0.1, -0.05) is 0 Å². The van der Waals surface area contributed by atoms with Crippen molar-refractivity contribution in [2.45, 2.75) is 25.9 Å². The van der Waals surface area contributed by atoms with Crippen molar-refractivity contribution < 1.29 is 9.53 Å². The van der Waals surface area contributed by atoms with Crippen LogP contribution in [0.4, 0.5) is 0 Å². The van der Waals surface area contributed by atoms with Gasteiger partial charge >= 0.3 is 0 Å². The van der Waals surface area contributed by atoms with E-state index in [1.807, 2.05) is 6.92 Å². The number of aromatic nitrogens is 1. The van der Waals surface area contributed by atoms with E-state index in [9.17, 15) is 4.79 Å². The van der Waals surface area contributed by atoms with Gasteiger partial charge < -0.3 is 15.8 Å². The predicted octanol–water partition coefficient (Wildman–Crippen LogP) is 0.620. The summed E-state index contributed by atoms with van der Waals surface area (Å²) in [6, 6.07) is 3.42. The number of carbonyl (C=O) groups is 1. The molecule has 1 saturated heterocycles. The van der Waals surface area contributed by atoms with Crippen LogP contribution in [0, 0.1) is 6.92 Å². The standard InChI is InChI=1S/C12H17N3O2/c1-8-4-5-10(11(13)16)12(15-8)17-9-3-2-6-14-7-9/h4-5,9,14H,2-3,6-7H2,1H3,(H2,13,16)/t9-/m0/s1. The maximum absolute atomic E-state index is 11.3. The van der Waals surface area contributed by atoms with Crippen LogP contribution in [0.1, 0.15) is 28.9 Å². The summed E-state index contributed by atoms with van der Waals surface area (Å²) in [5, 5.41) is 3.25. The highest BCUT2D eigenvalue weighted by Gasteiger charge is 2.18. The third kappa shape index (κ3) is 2.94. The number of nitrogens with two attached hydrogens (primary N) is 1. The summed E-state index contributed by atoms with van der Waals surface area (Å²) >= 11 is 0.